The number of nitrogens with one attached hydrogen (secondary N) is 1. The van der Waals surface area contributed by atoms with E-state index in [-0.39, 0.29) is 36.8 Å². The van der Waals surface area contributed by atoms with Crippen molar-refractivity contribution in [2.45, 2.75) is 44.8 Å². The van der Waals surface area contributed by atoms with Crippen LogP contribution in [0.2, 0.25) is 0 Å². The van der Waals surface area contributed by atoms with Crippen LogP contribution in [0.15, 0.2) is 53.1 Å². The Morgan fingerprint density at radius 1 is 1.17 bits per heavy atom. The number of para-hydroxylation sites is 1. The molecule has 0 spiro atoms. The number of Topliss-reactive ketones (excluding diaryl/α,β-unsaturated/α-hetero) is 1. The highest BCUT2D eigenvalue weighted by atomic mass is 32.2. The fraction of sp³-hybridized carbons (Fsp3) is 0.393. The van der Waals surface area contributed by atoms with E-state index in [0.717, 1.165) is 4.31 Å². The largest absolute Gasteiger partial charge is 0.493 e. The van der Waals surface area contributed by atoms with Crippen molar-refractivity contribution in [1.29, 1.82) is 0 Å². The maximum atomic E-state index is 13.8. The summed E-state index contributed by atoms with van der Waals surface area (Å²) in [5, 5.41) is 2.19. The molecule has 5 rings (SSSR count). The Bertz CT molecular complexity index is 1620. The highest BCUT2D eigenvalue weighted by Gasteiger charge is 2.55. The Kier molecular flexibility index (Phi) is 7.66. The minimum Gasteiger partial charge on any atom is -0.493 e. The van der Waals surface area contributed by atoms with Crippen LogP contribution in [0, 0.1) is 5.92 Å². The minimum absolute atomic E-state index is 0.00515. The van der Waals surface area contributed by atoms with Gasteiger partial charge in [0.25, 0.3) is 15.9 Å². The second kappa shape index (κ2) is 11.1. The number of benzene rings is 1. The Labute approximate surface area is 236 Å². The van der Waals surface area contributed by atoms with Crippen molar-refractivity contribution in [3.63, 3.8) is 0 Å². The van der Waals surface area contributed by atoms with Gasteiger partial charge in [-0.3, -0.25) is 24.2 Å². The first-order valence-electron chi connectivity index (χ1n) is 13.2. The summed E-state index contributed by atoms with van der Waals surface area (Å²) in [6.45, 7) is 3.35. The van der Waals surface area contributed by atoms with Gasteiger partial charge >= 0.3 is 5.12 Å². The third-order valence-corrected chi connectivity index (χ3v) is 9.03. The van der Waals surface area contributed by atoms with E-state index in [1.807, 2.05) is 13.8 Å². The predicted octanol–water partition coefficient (Wildman–Crippen LogP) is 2.01. The quantitative estimate of drug-likeness (QED) is 0.420. The normalized spacial score (nSPS) is 19.9. The molecule has 1 N–H and O–H groups in total. The summed E-state index contributed by atoms with van der Waals surface area (Å²) < 4.78 is 38.3. The molecule has 2 fully saturated rings. The van der Waals surface area contributed by atoms with Gasteiger partial charge in [-0.2, -0.15) is 4.31 Å². The van der Waals surface area contributed by atoms with E-state index in [1.165, 1.54) is 30.3 Å². The zero-order valence-electron chi connectivity index (χ0n) is 22.8. The average molecular weight is 583 g/mol. The van der Waals surface area contributed by atoms with E-state index in [0.29, 0.717) is 16.7 Å². The number of sulfonamides is 1. The van der Waals surface area contributed by atoms with Crippen molar-refractivity contribution in [3.8, 4) is 5.75 Å². The molecule has 1 aromatic carbocycles. The van der Waals surface area contributed by atoms with Crippen LogP contribution in [0.5, 0.6) is 5.75 Å². The second-order valence-corrected chi connectivity index (χ2v) is 12.3. The fourth-order valence-electron chi connectivity index (χ4n) is 5.49. The molecular formula is C28H30N4O8S. The number of furan rings is 1. The first kappa shape index (κ1) is 28.4. The lowest BCUT2D eigenvalue weighted by molar-refractivity contribution is -0.138. The lowest BCUT2D eigenvalue weighted by Gasteiger charge is -2.28. The van der Waals surface area contributed by atoms with Crippen LogP contribution in [0.3, 0.4) is 0 Å². The van der Waals surface area contributed by atoms with Gasteiger partial charge in [0, 0.05) is 18.1 Å². The molecule has 2 amide bonds. The molecule has 12 nitrogen and oxygen atoms in total. The molecule has 2 aliphatic heterocycles. The molecule has 13 heteroatoms. The molecule has 216 valence electrons. The van der Waals surface area contributed by atoms with Crippen molar-refractivity contribution < 1.29 is 36.7 Å². The smallest absolute Gasteiger partial charge is 0.310 e. The standard InChI is InChI=1S/C28H30N4O8S/c1-16(2)13-19(30-26(34)23-14-17-7-6-9-22(39-3)25(17)40-23)27(35)31-12-10-20-24(31)21(33)15-32(20)41(37,38)28(36)18-8-4-5-11-29-18/h4-9,11,14,16,19-20,24H,10,12-13,15H2,1-3H3,(H,30,34). The average Bonchev–Trinajstić information content (AvgIpc) is 3.67. The molecule has 0 radical (unpaired) electrons. The van der Waals surface area contributed by atoms with Gasteiger partial charge in [0.05, 0.1) is 19.7 Å². The van der Waals surface area contributed by atoms with Crippen LogP contribution < -0.4 is 10.1 Å². The molecule has 2 aromatic heterocycles. The molecule has 0 bridgehead atoms. The summed E-state index contributed by atoms with van der Waals surface area (Å²) in [4.78, 5) is 58.0. The zero-order valence-corrected chi connectivity index (χ0v) is 23.6. The van der Waals surface area contributed by atoms with Crippen molar-refractivity contribution in [2.24, 2.45) is 5.92 Å². The van der Waals surface area contributed by atoms with E-state index in [9.17, 15) is 27.6 Å². The second-order valence-electron chi connectivity index (χ2n) is 10.5. The molecule has 3 unspecified atom stereocenters. The molecule has 3 atom stereocenters. The maximum Gasteiger partial charge on any atom is 0.310 e. The van der Waals surface area contributed by atoms with E-state index in [2.05, 4.69) is 10.3 Å². The minimum atomic E-state index is -4.56. The lowest BCUT2D eigenvalue weighted by Crippen LogP contribution is -2.53. The Morgan fingerprint density at radius 2 is 1.95 bits per heavy atom. The summed E-state index contributed by atoms with van der Waals surface area (Å²) in [6, 6.07) is 8.18. The van der Waals surface area contributed by atoms with E-state index in [1.54, 1.807) is 30.3 Å². The van der Waals surface area contributed by atoms with Gasteiger partial charge in [0.2, 0.25) is 5.91 Å². The summed E-state index contributed by atoms with van der Waals surface area (Å²) >= 11 is 0. The molecule has 0 aliphatic carbocycles. The number of fused-ring (bicyclic) bond motifs is 2. The number of aromatic nitrogens is 1. The van der Waals surface area contributed by atoms with Gasteiger partial charge in [0.15, 0.2) is 22.9 Å². The Morgan fingerprint density at radius 3 is 2.63 bits per heavy atom. The number of likely N-dealkylation sites (tertiary alicyclic amines) is 1. The lowest BCUT2D eigenvalue weighted by atomic mass is 10.0. The number of ketones is 1. The van der Waals surface area contributed by atoms with Gasteiger partial charge < -0.3 is 19.4 Å². The number of hydrogen-bond donors (Lipinski definition) is 1. The highest BCUT2D eigenvalue weighted by Crippen LogP contribution is 2.34. The van der Waals surface area contributed by atoms with Crippen LogP contribution in [0.1, 0.15) is 47.7 Å². The third kappa shape index (κ3) is 5.22. The van der Waals surface area contributed by atoms with Crippen molar-refractivity contribution in [3.05, 3.63) is 60.1 Å². The molecule has 2 aliphatic rings. The summed E-state index contributed by atoms with van der Waals surface area (Å²) in [5.74, 6) is -1.14. The maximum absolute atomic E-state index is 13.8. The number of pyridine rings is 1. The van der Waals surface area contributed by atoms with Crippen molar-refractivity contribution >= 4 is 43.7 Å². The van der Waals surface area contributed by atoms with Crippen LogP contribution in [0.4, 0.5) is 0 Å². The van der Waals surface area contributed by atoms with E-state index in [4.69, 9.17) is 9.15 Å². The van der Waals surface area contributed by atoms with Crippen LogP contribution in [-0.2, 0) is 19.6 Å². The highest BCUT2D eigenvalue weighted by molar-refractivity contribution is 8.04. The topological polar surface area (TPSA) is 156 Å². The molecule has 0 saturated carbocycles. The zero-order chi connectivity index (χ0) is 29.5. The van der Waals surface area contributed by atoms with E-state index < -0.39 is 57.4 Å². The first-order valence-corrected chi connectivity index (χ1v) is 14.6. The van der Waals surface area contributed by atoms with Gasteiger partial charge in [-0.15, -0.1) is 0 Å². The summed E-state index contributed by atoms with van der Waals surface area (Å²) in [5.41, 5.74) is 0.143. The number of methoxy groups -OCH3 is 1. The molecular weight excluding hydrogens is 552 g/mol. The van der Waals surface area contributed by atoms with Crippen LogP contribution >= 0.6 is 0 Å². The van der Waals surface area contributed by atoms with Gasteiger partial charge in [-0.1, -0.05) is 32.0 Å². The van der Waals surface area contributed by atoms with Gasteiger partial charge in [-0.05, 0) is 43.0 Å². The fourth-order valence-corrected chi connectivity index (χ4v) is 6.97. The predicted molar refractivity (Wildman–Crippen MR) is 147 cm³/mol. The number of hydrogen-bond acceptors (Lipinski definition) is 9. The number of carbonyl (C=O) groups excluding carboxylic acids is 4. The van der Waals surface area contributed by atoms with Gasteiger partial charge in [0.1, 0.15) is 17.8 Å². The number of carbonyl (C=O) groups is 4. The molecule has 4 heterocycles. The van der Waals surface area contributed by atoms with E-state index >= 15 is 0 Å². The Balaban J connectivity index is 1.36. The van der Waals surface area contributed by atoms with Crippen molar-refractivity contribution in [2.75, 3.05) is 20.2 Å². The molecule has 3 aromatic rings. The summed E-state index contributed by atoms with van der Waals surface area (Å²) in [7, 11) is -3.07. The Hall–Kier alpha value is -4.10. The third-order valence-electron chi connectivity index (χ3n) is 7.34. The number of ether oxygens (including phenoxy) is 1. The van der Waals surface area contributed by atoms with Crippen LogP contribution in [0.25, 0.3) is 11.0 Å². The number of rotatable bonds is 8. The first-order chi connectivity index (χ1) is 19.5. The number of nitrogens with zero attached hydrogens (tertiary/aromatic N) is 3. The molecule has 41 heavy (non-hydrogen) atoms. The molecule has 2 saturated heterocycles. The van der Waals surface area contributed by atoms with Gasteiger partial charge in [-0.25, -0.2) is 8.42 Å². The summed E-state index contributed by atoms with van der Waals surface area (Å²) in [6.07, 6.45) is 1.75. The van der Waals surface area contributed by atoms with Crippen molar-refractivity contribution in [1.82, 2.24) is 19.5 Å². The number of amides is 2. The SMILES string of the molecule is COc1cccc2cc(C(=O)NC(CC(C)C)C(=O)N3CCC4C3C(=O)CN4S(=O)(=O)C(=O)c3ccccn3)oc12. The van der Waals surface area contributed by atoms with Crippen LogP contribution in [-0.4, -0.2) is 83.6 Å². The monoisotopic (exact) mass is 582 g/mol.